The minimum Gasteiger partial charge on any atom is -0.462 e. The Kier molecular flexibility index (Phi) is 6.66. The second-order valence-electron chi connectivity index (χ2n) is 8.22. The van der Waals surface area contributed by atoms with Gasteiger partial charge in [0.1, 0.15) is 5.92 Å². The molecule has 33 heavy (non-hydrogen) atoms. The van der Waals surface area contributed by atoms with E-state index in [2.05, 4.69) is 16.3 Å². The second-order valence-corrected chi connectivity index (χ2v) is 8.22. The maximum Gasteiger partial charge on any atom is 0.338 e. The number of benzene rings is 3. The molecule has 3 aromatic rings. The first-order chi connectivity index (χ1) is 16.0. The fourth-order valence-electron chi connectivity index (χ4n) is 4.01. The van der Waals surface area contributed by atoms with Crippen LogP contribution in [0.15, 0.2) is 77.8 Å². The quantitative estimate of drug-likeness (QED) is 0.423. The highest BCUT2D eigenvalue weighted by atomic mass is 16.5. The van der Waals surface area contributed by atoms with Crippen LogP contribution in [0.5, 0.6) is 0 Å². The fourth-order valence-corrected chi connectivity index (χ4v) is 4.01. The highest BCUT2D eigenvalue weighted by Crippen LogP contribution is 2.37. The van der Waals surface area contributed by atoms with Crippen LogP contribution in [0.4, 0.5) is 11.4 Å². The van der Waals surface area contributed by atoms with Crippen molar-refractivity contribution in [3.63, 3.8) is 0 Å². The fraction of sp³-hybridized carbons (Fsp3) is 0.222. The van der Waals surface area contributed by atoms with E-state index < -0.39 is 11.9 Å². The van der Waals surface area contributed by atoms with Crippen molar-refractivity contribution in [2.75, 3.05) is 26.0 Å². The Bertz CT molecular complexity index is 1200. The predicted octanol–water partition coefficient (Wildman–Crippen LogP) is 4.78. The number of carbonyl (C=O) groups is 2. The lowest BCUT2D eigenvalue weighted by Crippen LogP contribution is -2.22. The molecule has 0 radical (unpaired) electrons. The van der Waals surface area contributed by atoms with Gasteiger partial charge in [0.2, 0.25) is 5.91 Å². The minimum atomic E-state index is -0.587. The normalized spacial score (nSPS) is 15.3. The molecule has 0 bridgehead atoms. The Labute approximate surface area is 193 Å². The number of fused-ring (bicyclic) bond motifs is 1. The summed E-state index contributed by atoms with van der Waals surface area (Å²) in [5.41, 5.74) is 5.28. The number of hydrogen-bond donors (Lipinski definition) is 1. The van der Waals surface area contributed by atoms with Gasteiger partial charge in [-0.1, -0.05) is 48.5 Å². The number of ether oxygens (including phenoxy) is 1. The molecule has 0 aliphatic carbocycles. The van der Waals surface area contributed by atoms with Gasteiger partial charge in [-0.3, -0.25) is 9.79 Å². The number of rotatable bonds is 7. The average molecular weight is 442 g/mol. The van der Waals surface area contributed by atoms with Crippen LogP contribution in [-0.2, 0) is 16.1 Å². The lowest BCUT2D eigenvalue weighted by atomic mass is 9.90. The molecule has 1 aliphatic heterocycles. The molecule has 1 atom stereocenters. The third kappa shape index (κ3) is 5.02. The molecule has 0 fully saturated rings. The van der Waals surface area contributed by atoms with Crippen molar-refractivity contribution in [1.29, 1.82) is 0 Å². The SMILES string of the molecule is CCOC(=O)c1ccc2c(c1)NC(=O)C2C(=Nc1cccc(CN(C)C)c1)c1ccccc1. The van der Waals surface area contributed by atoms with E-state index in [1.165, 1.54) is 0 Å². The maximum atomic E-state index is 13.1. The molecule has 0 saturated heterocycles. The van der Waals surface area contributed by atoms with Crippen molar-refractivity contribution in [1.82, 2.24) is 4.90 Å². The number of esters is 1. The second kappa shape index (κ2) is 9.79. The molecule has 1 heterocycles. The van der Waals surface area contributed by atoms with Gasteiger partial charge < -0.3 is 15.0 Å². The standard InChI is InChI=1S/C27H27N3O3/c1-4-33-27(32)20-13-14-22-23(16-20)29-26(31)24(22)25(19-10-6-5-7-11-19)28-21-12-8-9-18(15-21)17-30(2)3/h5-16,24H,4,17H2,1-3H3,(H,29,31). The number of hydrogen-bond acceptors (Lipinski definition) is 5. The predicted molar refractivity (Wildman–Crippen MR) is 130 cm³/mol. The van der Waals surface area contributed by atoms with E-state index in [0.29, 0.717) is 23.6 Å². The zero-order valence-electron chi connectivity index (χ0n) is 19.0. The van der Waals surface area contributed by atoms with Crippen LogP contribution in [-0.4, -0.2) is 43.2 Å². The molecular weight excluding hydrogens is 414 g/mol. The summed E-state index contributed by atoms with van der Waals surface area (Å²) >= 11 is 0. The largest absolute Gasteiger partial charge is 0.462 e. The third-order valence-electron chi connectivity index (χ3n) is 5.40. The van der Waals surface area contributed by atoms with Crippen LogP contribution in [0, 0.1) is 0 Å². The summed E-state index contributed by atoms with van der Waals surface area (Å²) in [6.45, 7) is 2.86. The number of anilines is 1. The van der Waals surface area contributed by atoms with Crippen molar-refractivity contribution in [2.24, 2.45) is 4.99 Å². The molecular formula is C27H27N3O3. The first-order valence-electron chi connectivity index (χ1n) is 11.0. The smallest absolute Gasteiger partial charge is 0.338 e. The summed E-state index contributed by atoms with van der Waals surface area (Å²) in [4.78, 5) is 32.4. The summed E-state index contributed by atoms with van der Waals surface area (Å²) < 4.78 is 5.10. The molecule has 168 valence electrons. The van der Waals surface area contributed by atoms with Crippen molar-refractivity contribution >= 4 is 29.0 Å². The zero-order valence-corrected chi connectivity index (χ0v) is 19.0. The van der Waals surface area contributed by atoms with Crippen LogP contribution in [0.3, 0.4) is 0 Å². The lowest BCUT2D eigenvalue weighted by Gasteiger charge is -2.15. The first kappa shape index (κ1) is 22.4. The Morgan fingerprint density at radius 3 is 2.52 bits per heavy atom. The van der Waals surface area contributed by atoms with E-state index in [1.54, 1.807) is 19.1 Å². The van der Waals surface area contributed by atoms with Crippen molar-refractivity contribution in [3.8, 4) is 0 Å². The number of nitrogens with one attached hydrogen (secondary N) is 1. The molecule has 6 heteroatoms. The molecule has 1 N–H and O–H groups in total. The van der Waals surface area contributed by atoms with Gasteiger partial charge in [-0.15, -0.1) is 0 Å². The van der Waals surface area contributed by atoms with Crippen LogP contribution < -0.4 is 5.32 Å². The molecule has 0 saturated carbocycles. The summed E-state index contributed by atoms with van der Waals surface area (Å²) in [6.07, 6.45) is 0. The Morgan fingerprint density at radius 1 is 1.00 bits per heavy atom. The summed E-state index contributed by atoms with van der Waals surface area (Å²) in [5, 5.41) is 2.92. The highest BCUT2D eigenvalue weighted by molar-refractivity contribution is 6.24. The lowest BCUT2D eigenvalue weighted by molar-refractivity contribution is -0.115. The van der Waals surface area contributed by atoms with Gasteiger partial charge in [0.15, 0.2) is 0 Å². The van der Waals surface area contributed by atoms with Gasteiger partial charge in [0, 0.05) is 12.2 Å². The summed E-state index contributed by atoms with van der Waals surface area (Å²) in [5.74, 6) is -1.16. The molecule has 1 amide bonds. The van der Waals surface area contributed by atoms with Gasteiger partial charge in [-0.25, -0.2) is 4.79 Å². The van der Waals surface area contributed by atoms with E-state index in [-0.39, 0.29) is 5.91 Å². The number of nitrogens with zero attached hydrogens (tertiary/aromatic N) is 2. The highest BCUT2D eigenvalue weighted by Gasteiger charge is 2.36. The topological polar surface area (TPSA) is 71.0 Å². The van der Waals surface area contributed by atoms with Crippen molar-refractivity contribution in [2.45, 2.75) is 19.4 Å². The number of amides is 1. The Morgan fingerprint density at radius 2 is 1.79 bits per heavy atom. The molecule has 4 rings (SSSR count). The van der Waals surface area contributed by atoms with Gasteiger partial charge in [-0.05, 0) is 62.0 Å². The molecule has 3 aromatic carbocycles. The summed E-state index contributed by atoms with van der Waals surface area (Å²) in [7, 11) is 4.05. The van der Waals surface area contributed by atoms with Gasteiger partial charge in [-0.2, -0.15) is 0 Å². The van der Waals surface area contributed by atoms with Gasteiger partial charge in [0.05, 0.1) is 23.6 Å². The molecule has 0 spiro atoms. The van der Waals surface area contributed by atoms with Crippen LogP contribution in [0.2, 0.25) is 0 Å². The zero-order chi connectivity index (χ0) is 23.4. The number of aliphatic imine (C=N–C) groups is 1. The number of carbonyl (C=O) groups excluding carboxylic acids is 2. The van der Waals surface area contributed by atoms with Gasteiger partial charge in [0.25, 0.3) is 0 Å². The minimum absolute atomic E-state index is 0.168. The summed E-state index contributed by atoms with van der Waals surface area (Å²) in [6, 6.07) is 22.9. The molecule has 1 aliphatic rings. The van der Waals surface area contributed by atoms with Gasteiger partial charge >= 0.3 is 5.97 Å². The first-order valence-corrected chi connectivity index (χ1v) is 11.0. The molecule has 0 aromatic heterocycles. The van der Waals surface area contributed by atoms with E-state index >= 15 is 0 Å². The van der Waals surface area contributed by atoms with E-state index in [9.17, 15) is 9.59 Å². The van der Waals surface area contributed by atoms with E-state index in [1.807, 2.05) is 68.7 Å². The van der Waals surface area contributed by atoms with Crippen LogP contribution in [0.1, 0.15) is 39.9 Å². The maximum absolute atomic E-state index is 13.1. The monoisotopic (exact) mass is 441 g/mol. The molecule has 6 nitrogen and oxygen atoms in total. The average Bonchev–Trinajstić information content (AvgIpc) is 3.12. The van der Waals surface area contributed by atoms with Crippen molar-refractivity contribution < 1.29 is 14.3 Å². The van der Waals surface area contributed by atoms with Crippen LogP contribution >= 0.6 is 0 Å². The Balaban J connectivity index is 1.78. The Hall–Kier alpha value is -3.77. The molecule has 1 unspecified atom stereocenters. The van der Waals surface area contributed by atoms with Crippen LogP contribution in [0.25, 0.3) is 0 Å². The van der Waals surface area contributed by atoms with E-state index in [4.69, 9.17) is 9.73 Å². The third-order valence-corrected chi connectivity index (χ3v) is 5.40. The van der Waals surface area contributed by atoms with E-state index in [0.717, 1.165) is 28.9 Å². The van der Waals surface area contributed by atoms with Crippen molar-refractivity contribution in [3.05, 3.63) is 95.1 Å².